The number of hydrogen-bond acceptors (Lipinski definition) is 3. The molecular weight excluding hydrogens is 244 g/mol. The predicted octanol–water partition coefficient (Wildman–Crippen LogP) is 2.64. The number of benzene rings is 2. The van der Waals surface area contributed by atoms with Gasteiger partial charge in [0.1, 0.15) is 0 Å². The van der Waals surface area contributed by atoms with Crippen molar-refractivity contribution in [3.05, 3.63) is 47.5 Å². The third kappa shape index (κ3) is 2.91. The first-order chi connectivity index (χ1) is 9.11. The van der Waals surface area contributed by atoms with E-state index in [0.717, 1.165) is 10.8 Å². The Bertz CT molecular complexity index is 631. The van der Waals surface area contributed by atoms with Gasteiger partial charge in [-0.15, -0.1) is 0 Å². The number of carboxylic acids is 1. The number of ether oxygens (including phenoxy) is 1. The number of hydrogen-bond donors (Lipinski definition) is 1. The van der Waals surface area contributed by atoms with E-state index >= 15 is 0 Å². The van der Waals surface area contributed by atoms with Gasteiger partial charge in [-0.2, -0.15) is 0 Å². The molecule has 4 heteroatoms. The van der Waals surface area contributed by atoms with Crippen LogP contribution in [0.4, 0.5) is 0 Å². The Hall–Kier alpha value is -2.36. The quantitative estimate of drug-likeness (QED) is 0.856. The van der Waals surface area contributed by atoms with Crippen LogP contribution in [0.1, 0.15) is 22.8 Å². The van der Waals surface area contributed by atoms with E-state index in [1.165, 1.54) is 0 Å². The van der Waals surface area contributed by atoms with E-state index in [9.17, 15) is 14.7 Å². The van der Waals surface area contributed by atoms with Crippen molar-refractivity contribution in [2.24, 2.45) is 0 Å². The molecule has 0 aliphatic heterocycles. The fraction of sp³-hybridized carbons (Fsp3) is 0.200. The minimum Gasteiger partial charge on any atom is -0.478 e. The molecule has 1 N–H and O–H groups in total. The Morgan fingerprint density at radius 2 is 1.79 bits per heavy atom. The molecule has 0 aliphatic carbocycles. The van der Waals surface area contributed by atoms with Crippen molar-refractivity contribution in [3.63, 3.8) is 0 Å². The summed E-state index contributed by atoms with van der Waals surface area (Å²) in [4.78, 5) is 22.8. The molecule has 0 radical (unpaired) electrons. The van der Waals surface area contributed by atoms with E-state index in [2.05, 4.69) is 0 Å². The van der Waals surface area contributed by atoms with Crippen molar-refractivity contribution >= 4 is 22.7 Å². The molecule has 2 rings (SSSR count). The summed E-state index contributed by atoms with van der Waals surface area (Å²) in [5.41, 5.74) is 0.622. The first kappa shape index (κ1) is 13.1. The van der Waals surface area contributed by atoms with Gasteiger partial charge in [-0.25, -0.2) is 4.79 Å². The molecule has 2 aromatic carbocycles. The van der Waals surface area contributed by atoms with E-state index in [0.29, 0.717) is 5.56 Å². The summed E-state index contributed by atoms with van der Waals surface area (Å²) in [5.74, 6) is -1.45. The Morgan fingerprint density at radius 3 is 2.37 bits per heavy atom. The zero-order chi connectivity index (χ0) is 13.8. The van der Waals surface area contributed by atoms with Gasteiger partial charge < -0.3 is 9.84 Å². The van der Waals surface area contributed by atoms with E-state index < -0.39 is 11.9 Å². The van der Waals surface area contributed by atoms with Crippen LogP contribution in [0.2, 0.25) is 0 Å². The smallest absolute Gasteiger partial charge is 0.336 e. The lowest BCUT2D eigenvalue weighted by Gasteiger charge is -2.08. The van der Waals surface area contributed by atoms with Crippen molar-refractivity contribution in [3.8, 4) is 0 Å². The fourth-order valence-corrected chi connectivity index (χ4v) is 2.00. The maximum absolute atomic E-state index is 11.5. The van der Waals surface area contributed by atoms with Crippen molar-refractivity contribution in [2.75, 3.05) is 6.61 Å². The Balaban J connectivity index is 2.47. The minimum absolute atomic E-state index is 0.0275. The molecule has 0 amide bonds. The van der Waals surface area contributed by atoms with E-state index in [4.69, 9.17) is 4.74 Å². The van der Waals surface area contributed by atoms with Crippen molar-refractivity contribution in [2.45, 2.75) is 13.3 Å². The number of carbonyl (C=O) groups is 2. The number of rotatable bonds is 4. The van der Waals surface area contributed by atoms with Crippen LogP contribution < -0.4 is 0 Å². The van der Waals surface area contributed by atoms with Crippen LogP contribution in [0.5, 0.6) is 0 Å². The maximum Gasteiger partial charge on any atom is 0.336 e. The third-order valence-corrected chi connectivity index (χ3v) is 2.84. The van der Waals surface area contributed by atoms with Crippen LogP contribution >= 0.6 is 0 Å². The molecule has 0 unspecified atom stereocenters. The first-order valence-corrected chi connectivity index (χ1v) is 6.02. The van der Waals surface area contributed by atoms with Gasteiger partial charge in [0, 0.05) is 0 Å². The fourth-order valence-electron chi connectivity index (χ4n) is 2.00. The summed E-state index contributed by atoms with van der Waals surface area (Å²) in [6, 6.07) is 10.8. The lowest BCUT2D eigenvalue weighted by molar-refractivity contribution is -0.142. The second-order valence-corrected chi connectivity index (χ2v) is 4.14. The molecule has 0 aliphatic rings. The predicted molar refractivity (Wildman–Crippen MR) is 71.2 cm³/mol. The SMILES string of the molecule is CCOC(=O)Cc1cc2ccccc2cc1C(=O)O. The zero-order valence-corrected chi connectivity index (χ0v) is 10.6. The molecule has 0 atom stereocenters. The van der Waals surface area contributed by atoms with Gasteiger partial charge in [-0.1, -0.05) is 24.3 Å². The van der Waals surface area contributed by atoms with E-state index in [1.54, 1.807) is 19.1 Å². The molecule has 0 saturated carbocycles. The summed E-state index contributed by atoms with van der Waals surface area (Å²) in [5, 5.41) is 11.0. The van der Waals surface area contributed by atoms with Crippen LogP contribution in [-0.4, -0.2) is 23.7 Å². The van der Waals surface area contributed by atoms with E-state index in [-0.39, 0.29) is 18.6 Å². The highest BCUT2D eigenvalue weighted by Crippen LogP contribution is 2.21. The van der Waals surface area contributed by atoms with Crippen LogP contribution in [0.3, 0.4) is 0 Å². The Labute approximate surface area is 110 Å². The zero-order valence-electron chi connectivity index (χ0n) is 10.6. The molecule has 0 aromatic heterocycles. The highest BCUT2D eigenvalue weighted by Gasteiger charge is 2.15. The molecule has 0 spiro atoms. The highest BCUT2D eigenvalue weighted by atomic mass is 16.5. The second kappa shape index (κ2) is 5.52. The van der Waals surface area contributed by atoms with Gasteiger partial charge in [0.05, 0.1) is 18.6 Å². The van der Waals surface area contributed by atoms with Gasteiger partial charge in [0.2, 0.25) is 0 Å². The van der Waals surface area contributed by atoms with Gasteiger partial charge in [-0.05, 0) is 35.4 Å². The summed E-state index contributed by atoms with van der Waals surface area (Å²) >= 11 is 0. The largest absolute Gasteiger partial charge is 0.478 e. The summed E-state index contributed by atoms with van der Waals surface area (Å²) in [6.07, 6.45) is -0.0275. The number of aromatic carboxylic acids is 1. The van der Waals surface area contributed by atoms with E-state index in [1.807, 2.05) is 24.3 Å². The molecular formula is C15H14O4. The van der Waals surface area contributed by atoms with Crippen molar-refractivity contribution in [1.29, 1.82) is 0 Å². The van der Waals surface area contributed by atoms with Gasteiger partial charge >= 0.3 is 11.9 Å². The number of carbonyl (C=O) groups excluding carboxylic acids is 1. The summed E-state index contributed by atoms with van der Waals surface area (Å²) < 4.78 is 4.86. The topological polar surface area (TPSA) is 63.6 Å². The van der Waals surface area contributed by atoms with Crippen LogP contribution in [-0.2, 0) is 16.0 Å². The number of carboxylic acid groups (broad SMARTS) is 1. The molecule has 98 valence electrons. The lowest BCUT2D eigenvalue weighted by Crippen LogP contribution is -2.11. The molecule has 0 heterocycles. The summed E-state index contributed by atoms with van der Waals surface area (Å²) in [7, 11) is 0. The average Bonchev–Trinajstić information content (AvgIpc) is 2.38. The maximum atomic E-state index is 11.5. The molecule has 0 saturated heterocycles. The molecule has 0 bridgehead atoms. The van der Waals surface area contributed by atoms with Crippen LogP contribution in [0.15, 0.2) is 36.4 Å². The molecule has 4 nitrogen and oxygen atoms in total. The van der Waals surface area contributed by atoms with Crippen LogP contribution in [0, 0.1) is 0 Å². The standard InChI is InChI=1S/C15H14O4/c1-2-19-14(16)9-12-7-10-5-3-4-6-11(10)8-13(12)15(17)18/h3-8H,2,9H2,1H3,(H,17,18). The van der Waals surface area contributed by atoms with Gasteiger partial charge in [-0.3, -0.25) is 4.79 Å². The van der Waals surface area contributed by atoms with Gasteiger partial charge in [0.15, 0.2) is 0 Å². The molecule has 0 fully saturated rings. The third-order valence-electron chi connectivity index (χ3n) is 2.84. The molecule has 2 aromatic rings. The van der Waals surface area contributed by atoms with Crippen molar-refractivity contribution < 1.29 is 19.4 Å². The van der Waals surface area contributed by atoms with Crippen molar-refractivity contribution in [1.82, 2.24) is 0 Å². The van der Waals surface area contributed by atoms with Gasteiger partial charge in [0.25, 0.3) is 0 Å². The van der Waals surface area contributed by atoms with Crippen LogP contribution in [0.25, 0.3) is 10.8 Å². The monoisotopic (exact) mass is 258 g/mol. The normalized spacial score (nSPS) is 10.4. The Morgan fingerprint density at radius 1 is 1.16 bits per heavy atom. The highest BCUT2D eigenvalue weighted by molar-refractivity contribution is 5.97. The Kier molecular flexibility index (Phi) is 3.80. The molecule has 19 heavy (non-hydrogen) atoms. The number of fused-ring (bicyclic) bond motifs is 1. The lowest BCUT2D eigenvalue weighted by atomic mass is 9.99. The first-order valence-electron chi connectivity index (χ1n) is 6.02. The average molecular weight is 258 g/mol. The summed E-state index contributed by atoms with van der Waals surface area (Å²) in [6.45, 7) is 2.01. The minimum atomic E-state index is -1.04. The number of esters is 1. The second-order valence-electron chi connectivity index (χ2n) is 4.14.